The van der Waals surface area contributed by atoms with Gasteiger partial charge in [0.05, 0.1) is 12.2 Å². The van der Waals surface area contributed by atoms with Crippen molar-refractivity contribution in [2.45, 2.75) is 32.4 Å². The average Bonchev–Trinajstić information content (AvgIpc) is 2.30. The number of carbonyl (C=O) groups is 2. The van der Waals surface area contributed by atoms with Gasteiger partial charge in [-0.2, -0.15) is 0 Å². The highest BCUT2D eigenvalue weighted by molar-refractivity contribution is 8.00. The summed E-state index contributed by atoms with van der Waals surface area (Å²) in [5, 5.41) is 11.5. The highest BCUT2D eigenvalue weighted by Gasteiger charge is 2.12. The quantitative estimate of drug-likeness (QED) is 0.841. The molecular weight excluding hydrogens is 262 g/mol. The van der Waals surface area contributed by atoms with Crippen LogP contribution in [-0.2, 0) is 9.59 Å². The molecule has 19 heavy (non-hydrogen) atoms. The summed E-state index contributed by atoms with van der Waals surface area (Å²) in [6.45, 7) is 5.71. The van der Waals surface area contributed by atoms with Crippen LogP contribution in [0, 0.1) is 13.8 Å². The van der Waals surface area contributed by atoms with Crippen molar-refractivity contribution in [3.8, 4) is 0 Å². The fourth-order valence-corrected chi connectivity index (χ4v) is 2.48. The Morgan fingerprint density at radius 2 is 1.89 bits per heavy atom. The Kier molecular flexibility index (Phi) is 5.89. The van der Waals surface area contributed by atoms with E-state index < -0.39 is 5.97 Å². The first-order valence-electron chi connectivity index (χ1n) is 6.09. The first-order chi connectivity index (χ1) is 8.90. The van der Waals surface area contributed by atoms with Crippen molar-refractivity contribution >= 4 is 29.3 Å². The molecule has 5 heteroatoms. The molecule has 4 nitrogen and oxygen atoms in total. The van der Waals surface area contributed by atoms with E-state index >= 15 is 0 Å². The molecule has 0 aliphatic heterocycles. The number of aryl methyl sites for hydroxylation is 2. The van der Waals surface area contributed by atoms with Crippen molar-refractivity contribution < 1.29 is 14.7 Å². The lowest BCUT2D eigenvalue weighted by atomic mass is 10.1. The van der Waals surface area contributed by atoms with Gasteiger partial charge < -0.3 is 10.4 Å². The number of carbonyl (C=O) groups excluding carboxylic acids is 1. The molecule has 0 aliphatic rings. The number of aliphatic carboxylic acids is 1. The third-order valence-electron chi connectivity index (χ3n) is 2.71. The molecule has 104 valence electrons. The van der Waals surface area contributed by atoms with Gasteiger partial charge in [-0.3, -0.25) is 9.59 Å². The average molecular weight is 281 g/mol. The molecule has 0 saturated heterocycles. The second kappa shape index (κ2) is 7.19. The fraction of sp³-hybridized carbons (Fsp3) is 0.429. The van der Waals surface area contributed by atoms with Crippen molar-refractivity contribution in [1.82, 2.24) is 0 Å². The Labute approximate surface area is 117 Å². The van der Waals surface area contributed by atoms with E-state index in [0.29, 0.717) is 0 Å². The summed E-state index contributed by atoms with van der Waals surface area (Å²) in [5.74, 6) is -0.669. The molecule has 1 aromatic rings. The second-order valence-electron chi connectivity index (χ2n) is 4.53. The number of carboxylic acid groups (broad SMARTS) is 1. The minimum Gasteiger partial charge on any atom is -0.481 e. The van der Waals surface area contributed by atoms with Gasteiger partial charge in [0.1, 0.15) is 0 Å². The van der Waals surface area contributed by atoms with Gasteiger partial charge in [-0.15, -0.1) is 11.8 Å². The zero-order valence-electron chi connectivity index (χ0n) is 11.4. The molecule has 0 spiro atoms. The van der Waals surface area contributed by atoms with Crippen LogP contribution >= 0.6 is 11.8 Å². The summed E-state index contributed by atoms with van der Waals surface area (Å²) in [5.41, 5.74) is 2.90. The van der Waals surface area contributed by atoms with Crippen LogP contribution in [0.1, 0.15) is 24.5 Å². The summed E-state index contributed by atoms with van der Waals surface area (Å²) in [7, 11) is 0. The molecule has 0 bridgehead atoms. The minimum absolute atomic E-state index is 0.0683. The number of hydrogen-bond acceptors (Lipinski definition) is 3. The number of benzene rings is 1. The molecule has 0 fully saturated rings. The third-order valence-corrected chi connectivity index (χ3v) is 3.87. The number of carboxylic acids is 1. The number of amides is 1. The van der Waals surface area contributed by atoms with Gasteiger partial charge in [0.25, 0.3) is 0 Å². The lowest BCUT2D eigenvalue weighted by molar-refractivity contribution is -0.136. The standard InChI is InChI=1S/C14H19NO3S/c1-9-5-4-6-10(2)14(9)15-12(16)8-19-11(3)7-13(17)18/h4-6,11H,7-8H2,1-3H3,(H,15,16)(H,17,18). The Morgan fingerprint density at radius 1 is 1.32 bits per heavy atom. The second-order valence-corrected chi connectivity index (χ2v) is 5.96. The van der Waals surface area contributed by atoms with Crippen molar-refractivity contribution in [2.24, 2.45) is 0 Å². The topological polar surface area (TPSA) is 66.4 Å². The molecular formula is C14H19NO3S. The van der Waals surface area contributed by atoms with Crippen molar-refractivity contribution in [3.05, 3.63) is 29.3 Å². The smallest absolute Gasteiger partial charge is 0.304 e. The molecule has 0 heterocycles. The molecule has 2 N–H and O–H groups in total. The van der Waals surface area contributed by atoms with Gasteiger partial charge in [-0.1, -0.05) is 25.1 Å². The Bertz CT molecular complexity index is 454. The Morgan fingerprint density at radius 3 is 2.42 bits per heavy atom. The van der Waals surface area contributed by atoms with Gasteiger partial charge in [0.2, 0.25) is 5.91 Å². The van der Waals surface area contributed by atoms with E-state index in [4.69, 9.17) is 5.11 Å². The van der Waals surface area contributed by atoms with E-state index in [-0.39, 0.29) is 23.3 Å². The van der Waals surface area contributed by atoms with E-state index in [1.807, 2.05) is 39.0 Å². The first-order valence-corrected chi connectivity index (χ1v) is 7.14. The van der Waals surface area contributed by atoms with E-state index in [2.05, 4.69) is 5.32 Å². The molecule has 0 saturated carbocycles. The van der Waals surface area contributed by atoms with Gasteiger partial charge in [0.15, 0.2) is 0 Å². The van der Waals surface area contributed by atoms with E-state index in [0.717, 1.165) is 16.8 Å². The van der Waals surface area contributed by atoms with Crippen LogP contribution in [0.15, 0.2) is 18.2 Å². The van der Waals surface area contributed by atoms with E-state index in [1.165, 1.54) is 11.8 Å². The van der Waals surface area contributed by atoms with E-state index in [9.17, 15) is 9.59 Å². The highest BCUT2D eigenvalue weighted by atomic mass is 32.2. The summed E-state index contributed by atoms with van der Waals surface area (Å²) in [4.78, 5) is 22.3. The number of para-hydroxylation sites is 1. The normalized spacial score (nSPS) is 11.9. The van der Waals surface area contributed by atoms with Gasteiger partial charge in [-0.25, -0.2) is 0 Å². The maximum absolute atomic E-state index is 11.8. The lowest BCUT2D eigenvalue weighted by Gasteiger charge is -2.12. The largest absolute Gasteiger partial charge is 0.481 e. The first kappa shape index (κ1) is 15.6. The summed E-state index contributed by atoms with van der Waals surface area (Å²) in [6.07, 6.45) is 0.0708. The highest BCUT2D eigenvalue weighted by Crippen LogP contribution is 2.20. The van der Waals surface area contributed by atoms with Gasteiger partial charge in [0, 0.05) is 10.9 Å². The molecule has 0 radical (unpaired) electrons. The van der Waals surface area contributed by atoms with Crippen LogP contribution in [0.3, 0.4) is 0 Å². The number of anilines is 1. The van der Waals surface area contributed by atoms with Crippen molar-refractivity contribution in [2.75, 3.05) is 11.1 Å². The fourth-order valence-electron chi connectivity index (χ4n) is 1.71. The van der Waals surface area contributed by atoms with Gasteiger partial charge in [-0.05, 0) is 25.0 Å². The minimum atomic E-state index is -0.838. The zero-order valence-corrected chi connectivity index (χ0v) is 12.2. The summed E-state index contributed by atoms with van der Waals surface area (Å²) < 4.78 is 0. The Hall–Kier alpha value is -1.49. The molecule has 1 unspecified atom stereocenters. The SMILES string of the molecule is Cc1cccc(C)c1NC(=O)CSC(C)CC(=O)O. The predicted octanol–water partition coefficient (Wildman–Crippen LogP) is 2.84. The number of rotatable bonds is 6. The molecule has 1 amide bonds. The van der Waals surface area contributed by atoms with Crippen LogP contribution < -0.4 is 5.32 Å². The van der Waals surface area contributed by atoms with Crippen LogP contribution in [-0.4, -0.2) is 28.0 Å². The van der Waals surface area contributed by atoms with Crippen molar-refractivity contribution in [1.29, 1.82) is 0 Å². The van der Waals surface area contributed by atoms with Crippen LogP contribution in [0.25, 0.3) is 0 Å². The van der Waals surface area contributed by atoms with Crippen LogP contribution in [0.5, 0.6) is 0 Å². The summed E-state index contributed by atoms with van der Waals surface area (Å²) in [6, 6.07) is 5.84. The van der Waals surface area contributed by atoms with E-state index in [1.54, 1.807) is 0 Å². The number of nitrogens with one attached hydrogen (secondary N) is 1. The predicted molar refractivity (Wildman–Crippen MR) is 78.7 cm³/mol. The Balaban J connectivity index is 2.50. The van der Waals surface area contributed by atoms with Crippen LogP contribution in [0.4, 0.5) is 5.69 Å². The molecule has 1 aromatic carbocycles. The summed E-state index contributed by atoms with van der Waals surface area (Å²) >= 11 is 1.35. The monoisotopic (exact) mass is 281 g/mol. The zero-order chi connectivity index (χ0) is 14.4. The maximum atomic E-state index is 11.8. The van der Waals surface area contributed by atoms with Crippen molar-refractivity contribution in [3.63, 3.8) is 0 Å². The van der Waals surface area contributed by atoms with Gasteiger partial charge >= 0.3 is 5.97 Å². The number of hydrogen-bond donors (Lipinski definition) is 2. The lowest BCUT2D eigenvalue weighted by Crippen LogP contribution is -2.18. The molecule has 1 rings (SSSR count). The third kappa shape index (κ3) is 5.34. The number of thioether (sulfide) groups is 1. The van der Waals surface area contributed by atoms with Crippen LogP contribution in [0.2, 0.25) is 0 Å². The maximum Gasteiger partial charge on any atom is 0.304 e. The molecule has 1 atom stereocenters. The molecule has 0 aliphatic carbocycles. The molecule has 0 aromatic heterocycles.